The molecule has 0 unspecified atom stereocenters. The molecule has 1 aromatic carbocycles. The minimum Gasteiger partial charge on any atom is -0.459 e. The second-order valence-corrected chi connectivity index (χ2v) is 5.22. The fourth-order valence-corrected chi connectivity index (χ4v) is 2.24. The Morgan fingerprint density at radius 2 is 1.74 bits per heavy atom. The summed E-state index contributed by atoms with van der Waals surface area (Å²) in [5, 5.41) is 6.63. The first kappa shape index (κ1) is 15.2. The standard InChI is InChI=1S/C16H13ClN2O4/c17-11-3-4-12-10(8-11)9-14(23-12)16(21)19-6-5-18-15(20)13-2-1-7-22-13/h1-4,7-9H,5-6H2,(H,18,20)(H,19,21). The number of fused-ring (bicyclic) bond motifs is 1. The van der Waals surface area contributed by atoms with E-state index in [0.29, 0.717) is 10.6 Å². The van der Waals surface area contributed by atoms with Gasteiger partial charge in [-0.25, -0.2) is 0 Å². The smallest absolute Gasteiger partial charge is 0.287 e. The number of amides is 2. The Labute approximate surface area is 136 Å². The van der Waals surface area contributed by atoms with E-state index in [1.54, 1.807) is 36.4 Å². The van der Waals surface area contributed by atoms with Gasteiger partial charge in [0.05, 0.1) is 6.26 Å². The minimum absolute atomic E-state index is 0.194. The molecular formula is C16H13ClN2O4. The van der Waals surface area contributed by atoms with Gasteiger partial charge in [0.2, 0.25) is 0 Å². The van der Waals surface area contributed by atoms with Gasteiger partial charge in [0.1, 0.15) is 5.58 Å². The Bertz CT molecular complexity index is 839. The Morgan fingerprint density at radius 3 is 2.43 bits per heavy atom. The van der Waals surface area contributed by atoms with Crippen molar-refractivity contribution >= 4 is 34.4 Å². The van der Waals surface area contributed by atoms with Crippen molar-refractivity contribution in [1.82, 2.24) is 10.6 Å². The molecule has 0 radical (unpaired) electrons. The van der Waals surface area contributed by atoms with E-state index >= 15 is 0 Å². The van der Waals surface area contributed by atoms with Gasteiger partial charge >= 0.3 is 0 Å². The maximum absolute atomic E-state index is 12.0. The minimum atomic E-state index is -0.357. The van der Waals surface area contributed by atoms with Crippen LogP contribution >= 0.6 is 11.6 Å². The van der Waals surface area contributed by atoms with Crippen LogP contribution in [0.3, 0.4) is 0 Å². The lowest BCUT2D eigenvalue weighted by atomic mass is 10.2. The highest BCUT2D eigenvalue weighted by Gasteiger charge is 2.12. The average molecular weight is 333 g/mol. The summed E-state index contributed by atoms with van der Waals surface area (Å²) < 4.78 is 10.4. The van der Waals surface area contributed by atoms with Crippen LogP contribution in [0.1, 0.15) is 21.1 Å². The van der Waals surface area contributed by atoms with Gasteiger partial charge in [0.15, 0.2) is 11.5 Å². The van der Waals surface area contributed by atoms with Crippen LogP contribution in [0.4, 0.5) is 0 Å². The van der Waals surface area contributed by atoms with Crippen LogP contribution < -0.4 is 10.6 Å². The van der Waals surface area contributed by atoms with E-state index in [0.717, 1.165) is 5.39 Å². The molecule has 2 N–H and O–H groups in total. The van der Waals surface area contributed by atoms with Crippen molar-refractivity contribution < 1.29 is 18.4 Å². The van der Waals surface area contributed by atoms with Crippen molar-refractivity contribution in [2.45, 2.75) is 0 Å². The topological polar surface area (TPSA) is 84.5 Å². The molecule has 23 heavy (non-hydrogen) atoms. The molecule has 0 aliphatic heterocycles. The first-order chi connectivity index (χ1) is 11.1. The summed E-state index contributed by atoms with van der Waals surface area (Å²) in [7, 11) is 0. The molecule has 2 amide bonds. The number of furan rings is 2. The molecule has 0 aliphatic rings. The van der Waals surface area contributed by atoms with Crippen LogP contribution in [-0.4, -0.2) is 24.9 Å². The third-order valence-electron chi connectivity index (χ3n) is 3.14. The van der Waals surface area contributed by atoms with Gasteiger partial charge in [0, 0.05) is 23.5 Å². The zero-order valence-electron chi connectivity index (χ0n) is 12.0. The zero-order chi connectivity index (χ0) is 16.2. The van der Waals surface area contributed by atoms with Crippen molar-refractivity contribution in [2.24, 2.45) is 0 Å². The largest absolute Gasteiger partial charge is 0.459 e. The zero-order valence-corrected chi connectivity index (χ0v) is 12.7. The molecule has 2 aromatic heterocycles. The Balaban J connectivity index is 1.51. The Morgan fingerprint density at radius 1 is 1.00 bits per heavy atom. The quantitative estimate of drug-likeness (QED) is 0.704. The summed E-state index contributed by atoms with van der Waals surface area (Å²) in [6, 6.07) is 9.94. The van der Waals surface area contributed by atoms with Crippen LogP contribution in [0.25, 0.3) is 11.0 Å². The number of hydrogen-bond acceptors (Lipinski definition) is 4. The fourth-order valence-electron chi connectivity index (χ4n) is 2.06. The highest BCUT2D eigenvalue weighted by atomic mass is 35.5. The van der Waals surface area contributed by atoms with Crippen molar-refractivity contribution in [3.05, 3.63) is 59.2 Å². The number of carbonyl (C=O) groups is 2. The molecule has 2 heterocycles. The molecule has 6 nitrogen and oxygen atoms in total. The number of halogens is 1. The summed E-state index contributed by atoms with van der Waals surface area (Å²) in [6.45, 7) is 0.542. The van der Waals surface area contributed by atoms with Gasteiger partial charge in [-0.3, -0.25) is 9.59 Å². The van der Waals surface area contributed by atoms with E-state index in [1.165, 1.54) is 6.26 Å². The molecule has 0 saturated heterocycles. The summed E-state index contributed by atoms with van der Waals surface area (Å²) in [5.74, 6) is -0.266. The normalized spacial score (nSPS) is 10.7. The van der Waals surface area contributed by atoms with E-state index in [2.05, 4.69) is 10.6 Å². The van der Waals surface area contributed by atoms with Crippen molar-refractivity contribution in [1.29, 1.82) is 0 Å². The van der Waals surface area contributed by atoms with Crippen LogP contribution in [0.5, 0.6) is 0 Å². The molecule has 118 valence electrons. The maximum atomic E-state index is 12.0. The van der Waals surface area contributed by atoms with Crippen LogP contribution in [0.2, 0.25) is 5.02 Å². The number of benzene rings is 1. The fraction of sp³-hybridized carbons (Fsp3) is 0.125. The molecular weight excluding hydrogens is 320 g/mol. The van der Waals surface area contributed by atoms with E-state index in [-0.39, 0.29) is 36.4 Å². The van der Waals surface area contributed by atoms with E-state index in [1.807, 2.05) is 0 Å². The lowest BCUT2D eigenvalue weighted by Crippen LogP contribution is -2.34. The molecule has 7 heteroatoms. The SMILES string of the molecule is O=C(NCCNC(=O)c1cc2cc(Cl)ccc2o1)c1ccco1. The van der Waals surface area contributed by atoms with Crippen LogP contribution in [0.15, 0.2) is 51.5 Å². The number of carbonyl (C=O) groups excluding carboxylic acids is 2. The molecule has 0 atom stereocenters. The van der Waals surface area contributed by atoms with Crippen LogP contribution in [0, 0.1) is 0 Å². The van der Waals surface area contributed by atoms with E-state index in [9.17, 15) is 9.59 Å². The van der Waals surface area contributed by atoms with Gasteiger partial charge in [-0.15, -0.1) is 0 Å². The monoisotopic (exact) mass is 332 g/mol. The van der Waals surface area contributed by atoms with Crippen molar-refractivity contribution in [3.63, 3.8) is 0 Å². The second kappa shape index (κ2) is 6.58. The second-order valence-electron chi connectivity index (χ2n) is 4.78. The highest BCUT2D eigenvalue weighted by Crippen LogP contribution is 2.22. The Kier molecular flexibility index (Phi) is 4.34. The predicted molar refractivity (Wildman–Crippen MR) is 84.6 cm³/mol. The predicted octanol–water partition coefficient (Wildman–Crippen LogP) is 2.84. The average Bonchev–Trinajstić information content (AvgIpc) is 3.19. The lowest BCUT2D eigenvalue weighted by molar-refractivity contribution is 0.0901. The Hall–Kier alpha value is -2.73. The van der Waals surface area contributed by atoms with Gasteiger partial charge in [-0.2, -0.15) is 0 Å². The summed E-state index contributed by atoms with van der Waals surface area (Å²) in [4.78, 5) is 23.6. The summed E-state index contributed by atoms with van der Waals surface area (Å²) in [6.07, 6.45) is 1.42. The molecule has 0 saturated carbocycles. The summed E-state index contributed by atoms with van der Waals surface area (Å²) >= 11 is 5.89. The first-order valence-corrected chi connectivity index (χ1v) is 7.30. The summed E-state index contributed by atoms with van der Waals surface area (Å²) in [5.41, 5.74) is 0.589. The van der Waals surface area contributed by atoms with Crippen LogP contribution in [-0.2, 0) is 0 Å². The van der Waals surface area contributed by atoms with Crippen molar-refractivity contribution in [3.8, 4) is 0 Å². The lowest BCUT2D eigenvalue weighted by Gasteiger charge is -2.04. The molecule has 0 fully saturated rings. The van der Waals surface area contributed by atoms with Gasteiger partial charge < -0.3 is 19.5 Å². The third kappa shape index (κ3) is 3.54. The van der Waals surface area contributed by atoms with Gasteiger partial charge in [0.25, 0.3) is 11.8 Å². The molecule has 0 aliphatic carbocycles. The van der Waals surface area contributed by atoms with Gasteiger partial charge in [-0.1, -0.05) is 11.6 Å². The number of rotatable bonds is 5. The molecule has 3 rings (SSSR count). The maximum Gasteiger partial charge on any atom is 0.287 e. The van der Waals surface area contributed by atoms with E-state index in [4.69, 9.17) is 20.4 Å². The molecule has 0 spiro atoms. The molecule has 3 aromatic rings. The van der Waals surface area contributed by atoms with E-state index < -0.39 is 0 Å². The van der Waals surface area contributed by atoms with Crippen molar-refractivity contribution in [2.75, 3.05) is 13.1 Å². The van der Waals surface area contributed by atoms with Gasteiger partial charge in [-0.05, 0) is 36.4 Å². The molecule has 0 bridgehead atoms. The first-order valence-electron chi connectivity index (χ1n) is 6.92. The number of nitrogens with one attached hydrogen (secondary N) is 2. The number of hydrogen-bond donors (Lipinski definition) is 2. The highest BCUT2D eigenvalue weighted by molar-refractivity contribution is 6.31. The third-order valence-corrected chi connectivity index (χ3v) is 3.38.